The van der Waals surface area contributed by atoms with E-state index < -0.39 is 16.0 Å². The van der Waals surface area contributed by atoms with Crippen LogP contribution in [0.2, 0.25) is 5.02 Å². The summed E-state index contributed by atoms with van der Waals surface area (Å²) in [6.45, 7) is 1.69. The minimum absolute atomic E-state index is 0.0402. The number of sulfonamides is 1. The lowest BCUT2D eigenvalue weighted by atomic mass is 10.0. The van der Waals surface area contributed by atoms with E-state index in [1.54, 1.807) is 6.92 Å². The van der Waals surface area contributed by atoms with Crippen molar-refractivity contribution >= 4 is 38.6 Å². The molecule has 3 aromatic carbocycles. The summed E-state index contributed by atoms with van der Waals surface area (Å²) in [5, 5.41) is 0.375. The Bertz CT molecular complexity index is 1580. The largest absolute Gasteiger partial charge is 0.460 e. The van der Waals surface area contributed by atoms with Crippen molar-refractivity contribution in [1.82, 2.24) is 4.31 Å². The van der Waals surface area contributed by atoms with Gasteiger partial charge in [0.25, 0.3) is 0 Å². The summed E-state index contributed by atoms with van der Waals surface area (Å²) in [5.41, 5.74) is 1.15. The zero-order valence-electron chi connectivity index (χ0n) is 18.5. The van der Waals surface area contributed by atoms with Gasteiger partial charge >= 0.3 is 5.97 Å². The molecule has 1 aromatic heterocycles. The number of nitrogens with zero attached hydrogens (tertiary/aromatic N) is 1. The molecule has 9 heteroatoms. The Hall–Kier alpha value is -3.46. The third-order valence-corrected chi connectivity index (χ3v) is 7.39. The van der Waals surface area contributed by atoms with Crippen molar-refractivity contribution < 1.29 is 22.4 Å². The molecule has 0 atom stereocenters. The van der Waals surface area contributed by atoms with Crippen LogP contribution in [0.3, 0.4) is 0 Å². The van der Waals surface area contributed by atoms with Crippen molar-refractivity contribution in [1.29, 1.82) is 0 Å². The van der Waals surface area contributed by atoms with E-state index in [0.29, 0.717) is 16.7 Å². The minimum Gasteiger partial charge on any atom is -0.460 e. The zero-order chi connectivity index (χ0) is 24.6. The molecule has 0 aliphatic rings. The van der Waals surface area contributed by atoms with E-state index in [2.05, 4.69) is 0 Å². The number of aryl methyl sites for hydroxylation is 1. The molecule has 4 aromatic rings. The summed E-state index contributed by atoms with van der Waals surface area (Å²) >= 11 is 6.13. The minimum atomic E-state index is -3.77. The second-order valence-electron chi connectivity index (χ2n) is 7.70. The summed E-state index contributed by atoms with van der Waals surface area (Å²) in [6.07, 6.45) is 0. The Morgan fingerprint density at radius 2 is 1.71 bits per heavy atom. The number of halogens is 1. The second kappa shape index (κ2) is 9.06. The molecule has 174 valence electrons. The number of benzene rings is 3. The molecule has 0 unspecified atom stereocenters. The maximum absolute atomic E-state index is 13.1. The molecule has 0 spiro atoms. The Labute approximate surface area is 201 Å². The SMILES string of the molecule is Cc1oc2cc(OC(=O)c3cc(S(=O)(=O)N(C)C)ccc3Cl)ccc2c(=O)c1-c1ccccc1. The highest BCUT2D eigenvalue weighted by molar-refractivity contribution is 7.89. The maximum atomic E-state index is 13.1. The average molecular weight is 498 g/mol. The van der Waals surface area contributed by atoms with Crippen molar-refractivity contribution in [3.8, 4) is 16.9 Å². The lowest BCUT2D eigenvalue weighted by Gasteiger charge is -2.13. The molecular weight excluding hydrogens is 478 g/mol. The van der Waals surface area contributed by atoms with Gasteiger partial charge in [0, 0.05) is 20.2 Å². The Morgan fingerprint density at radius 1 is 1.00 bits per heavy atom. The van der Waals surface area contributed by atoms with Crippen molar-refractivity contribution in [3.05, 3.63) is 93.3 Å². The van der Waals surface area contributed by atoms with Crippen molar-refractivity contribution in [2.75, 3.05) is 14.1 Å². The molecule has 34 heavy (non-hydrogen) atoms. The first kappa shape index (κ1) is 23.7. The van der Waals surface area contributed by atoms with Crippen LogP contribution in [-0.4, -0.2) is 32.8 Å². The number of hydrogen-bond acceptors (Lipinski definition) is 6. The van der Waals surface area contributed by atoms with E-state index >= 15 is 0 Å². The molecule has 1 heterocycles. The lowest BCUT2D eigenvalue weighted by Crippen LogP contribution is -2.22. The van der Waals surface area contributed by atoms with Crippen LogP contribution in [0.5, 0.6) is 5.75 Å². The van der Waals surface area contributed by atoms with E-state index in [-0.39, 0.29) is 32.2 Å². The predicted molar refractivity (Wildman–Crippen MR) is 130 cm³/mol. The van der Waals surface area contributed by atoms with Gasteiger partial charge in [0.2, 0.25) is 15.5 Å². The van der Waals surface area contributed by atoms with Crippen LogP contribution in [-0.2, 0) is 10.0 Å². The summed E-state index contributed by atoms with van der Waals surface area (Å²) in [4.78, 5) is 25.8. The van der Waals surface area contributed by atoms with Gasteiger partial charge in [-0.25, -0.2) is 17.5 Å². The van der Waals surface area contributed by atoms with Crippen LogP contribution in [0.25, 0.3) is 22.1 Å². The van der Waals surface area contributed by atoms with E-state index in [9.17, 15) is 18.0 Å². The fraction of sp³-hybridized carbons (Fsp3) is 0.120. The van der Waals surface area contributed by atoms with Crippen LogP contribution < -0.4 is 10.2 Å². The molecular formula is C25H20ClNO6S. The molecule has 0 fully saturated rings. The summed E-state index contributed by atoms with van der Waals surface area (Å²) < 4.78 is 37.1. The standard InChI is InChI=1S/C25H20ClNO6S/c1-15-23(16-7-5-4-6-8-16)24(28)19-11-9-17(13-22(19)32-15)33-25(29)20-14-18(10-12-21(20)26)34(30,31)27(2)3/h4-14H,1-3H3. The molecule has 0 N–H and O–H groups in total. The summed E-state index contributed by atoms with van der Waals surface area (Å²) in [5.74, 6) is -0.304. The third kappa shape index (κ3) is 4.35. The van der Waals surface area contributed by atoms with Crippen molar-refractivity contribution in [2.45, 2.75) is 11.8 Å². The molecule has 0 saturated carbocycles. The fourth-order valence-electron chi connectivity index (χ4n) is 3.48. The summed E-state index contributed by atoms with van der Waals surface area (Å²) in [6, 6.07) is 17.4. The van der Waals surface area contributed by atoms with E-state index in [0.717, 1.165) is 15.9 Å². The Morgan fingerprint density at radius 3 is 2.38 bits per heavy atom. The Balaban J connectivity index is 1.70. The number of carbonyl (C=O) groups excluding carboxylic acids is 1. The van der Waals surface area contributed by atoms with E-state index in [1.165, 1.54) is 44.4 Å². The van der Waals surface area contributed by atoms with Gasteiger partial charge < -0.3 is 9.15 Å². The molecule has 0 aliphatic heterocycles. The molecule has 0 saturated heterocycles. The van der Waals surface area contributed by atoms with Crippen molar-refractivity contribution in [3.63, 3.8) is 0 Å². The van der Waals surface area contributed by atoms with Crippen molar-refractivity contribution in [2.24, 2.45) is 0 Å². The number of esters is 1. The molecule has 0 amide bonds. The van der Waals surface area contributed by atoms with Gasteiger partial charge in [-0.2, -0.15) is 0 Å². The van der Waals surface area contributed by atoms with Gasteiger partial charge in [0.1, 0.15) is 17.1 Å². The zero-order valence-corrected chi connectivity index (χ0v) is 20.1. The average Bonchev–Trinajstić information content (AvgIpc) is 2.79. The highest BCUT2D eigenvalue weighted by Gasteiger charge is 2.22. The topological polar surface area (TPSA) is 93.9 Å². The second-order valence-corrected chi connectivity index (χ2v) is 10.3. The first-order chi connectivity index (χ1) is 16.1. The van der Waals surface area contributed by atoms with Gasteiger partial charge in [-0.15, -0.1) is 0 Å². The van der Waals surface area contributed by atoms with Crippen LogP contribution in [0.1, 0.15) is 16.1 Å². The highest BCUT2D eigenvalue weighted by atomic mass is 35.5. The summed E-state index contributed by atoms with van der Waals surface area (Å²) in [7, 11) is -1.00. The van der Waals surface area contributed by atoms with Gasteiger partial charge in [-0.1, -0.05) is 41.9 Å². The lowest BCUT2D eigenvalue weighted by molar-refractivity contribution is 0.0735. The van der Waals surface area contributed by atoms with Gasteiger partial charge in [0.05, 0.1) is 26.4 Å². The number of ether oxygens (including phenoxy) is 1. The Kier molecular flexibility index (Phi) is 6.31. The molecule has 0 radical (unpaired) electrons. The number of hydrogen-bond donors (Lipinski definition) is 0. The van der Waals surface area contributed by atoms with Crippen LogP contribution in [0.15, 0.2) is 80.8 Å². The fourth-order valence-corrected chi connectivity index (χ4v) is 4.61. The smallest absolute Gasteiger partial charge is 0.345 e. The quantitative estimate of drug-likeness (QED) is 0.288. The monoisotopic (exact) mass is 497 g/mol. The maximum Gasteiger partial charge on any atom is 0.345 e. The number of rotatable bonds is 5. The van der Waals surface area contributed by atoms with Crippen LogP contribution in [0.4, 0.5) is 0 Å². The highest BCUT2D eigenvalue weighted by Crippen LogP contribution is 2.28. The van der Waals surface area contributed by atoms with Crippen LogP contribution in [0, 0.1) is 6.92 Å². The van der Waals surface area contributed by atoms with Gasteiger partial charge in [0.15, 0.2) is 0 Å². The molecule has 0 aliphatic carbocycles. The van der Waals surface area contributed by atoms with E-state index in [1.807, 2.05) is 30.3 Å². The third-order valence-electron chi connectivity index (χ3n) is 5.25. The number of carbonyl (C=O) groups is 1. The first-order valence-corrected chi connectivity index (χ1v) is 12.0. The van der Waals surface area contributed by atoms with E-state index in [4.69, 9.17) is 20.8 Å². The van der Waals surface area contributed by atoms with Crippen LogP contribution >= 0.6 is 11.6 Å². The molecule has 4 rings (SSSR count). The predicted octanol–water partition coefficient (Wildman–Crippen LogP) is 4.89. The molecule has 7 nitrogen and oxygen atoms in total. The van der Waals surface area contributed by atoms with Gasteiger partial charge in [-0.05, 0) is 42.8 Å². The first-order valence-electron chi connectivity index (χ1n) is 10.2. The normalized spacial score (nSPS) is 11.7. The molecule has 0 bridgehead atoms. The number of fused-ring (bicyclic) bond motifs is 1. The van der Waals surface area contributed by atoms with Gasteiger partial charge in [-0.3, -0.25) is 4.79 Å².